The lowest BCUT2D eigenvalue weighted by molar-refractivity contribution is -0.123. The first-order valence-corrected chi connectivity index (χ1v) is 9.31. The lowest BCUT2D eigenvalue weighted by Crippen LogP contribution is -2.33. The fourth-order valence-corrected chi connectivity index (χ4v) is 4.05. The first-order chi connectivity index (χ1) is 12.5. The number of benzene rings is 1. The molecule has 0 saturated carbocycles. The minimum absolute atomic E-state index is 0.0905. The van der Waals surface area contributed by atoms with Crippen LogP contribution in [0.3, 0.4) is 0 Å². The number of hydrogen-bond acceptors (Lipinski definition) is 3. The summed E-state index contributed by atoms with van der Waals surface area (Å²) >= 11 is 0. The molecule has 148 valence electrons. The summed E-state index contributed by atoms with van der Waals surface area (Å²) in [6.07, 6.45) is -6.12. The maximum absolute atomic E-state index is 13.9. The summed E-state index contributed by atoms with van der Waals surface area (Å²) in [5.41, 5.74) is -1.86. The number of hydrogen-bond donors (Lipinski definition) is 1. The largest absolute Gasteiger partial charge is 0.382 e. The van der Waals surface area contributed by atoms with Crippen molar-refractivity contribution in [2.45, 2.75) is 36.2 Å². The molecule has 1 atom stereocenters. The minimum atomic E-state index is -4.65. The van der Waals surface area contributed by atoms with Gasteiger partial charge in [0.1, 0.15) is 11.9 Å². The molecule has 27 heavy (non-hydrogen) atoms. The van der Waals surface area contributed by atoms with Gasteiger partial charge in [0.05, 0.1) is 10.5 Å². The van der Waals surface area contributed by atoms with Crippen LogP contribution in [0.1, 0.15) is 35.8 Å². The van der Waals surface area contributed by atoms with Crippen molar-refractivity contribution in [1.82, 2.24) is 4.57 Å². The van der Waals surface area contributed by atoms with E-state index >= 15 is 0 Å². The number of fused-ring (bicyclic) bond motifs is 1. The van der Waals surface area contributed by atoms with Gasteiger partial charge in [-0.3, -0.25) is 0 Å². The van der Waals surface area contributed by atoms with E-state index in [2.05, 4.69) is 0 Å². The molecule has 1 N–H and O–H groups in total. The fraction of sp³-hybridized carbons (Fsp3) is 0.375. The number of rotatable bonds is 4. The molecule has 3 rings (SSSR count). The van der Waals surface area contributed by atoms with Gasteiger partial charge < -0.3 is 9.67 Å². The van der Waals surface area contributed by atoms with E-state index in [-0.39, 0.29) is 11.4 Å². The fourth-order valence-electron chi connectivity index (χ4n) is 3.10. The number of alkyl halides is 5. The molecule has 1 heterocycles. The summed E-state index contributed by atoms with van der Waals surface area (Å²) < 4.78 is 105. The first kappa shape index (κ1) is 19.7. The molecule has 0 radical (unpaired) electrons. The Labute approximate surface area is 150 Å². The van der Waals surface area contributed by atoms with E-state index in [1.165, 1.54) is 0 Å². The van der Waals surface area contributed by atoms with Crippen LogP contribution in [0.4, 0.5) is 26.3 Å². The van der Waals surface area contributed by atoms with Crippen LogP contribution in [0.25, 0.3) is 5.69 Å². The number of aromatic nitrogens is 1. The van der Waals surface area contributed by atoms with Gasteiger partial charge in [-0.1, -0.05) is 0 Å². The highest BCUT2D eigenvalue weighted by Crippen LogP contribution is 2.45. The van der Waals surface area contributed by atoms with Crippen molar-refractivity contribution in [3.8, 4) is 5.69 Å². The lowest BCUT2D eigenvalue weighted by Gasteiger charge is -2.29. The second kappa shape index (κ2) is 6.55. The van der Waals surface area contributed by atoms with E-state index in [9.17, 15) is 39.9 Å². The maximum Gasteiger partial charge on any atom is 0.278 e. The van der Waals surface area contributed by atoms with Gasteiger partial charge in [0.2, 0.25) is 9.84 Å². The molecule has 1 aromatic carbocycles. The van der Waals surface area contributed by atoms with Crippen LogP contribution in [0.2, 0.25) is 0 Å². The molecule has 1 aliphatic rings. The van der Waals surface area contributed by atoms with Crippen molar-refractivity contribution in [3.63, 3.8) is 0 Å². The Morgan fingerprint density at radius 3 is 2.56 bits per heavy atom. The zero-order valence-electron chi connectivity index (χ0n) is 13.5. The van der Waals surface area contributed by atoms with Gasteiger partial charge in [0, 0.05) is 29.6 Å². The van der Waals surface area contributed by atoms with Crippen LogP contribution in [-0.2, 0) is 16.3 Å². The number of aliphatic hydroxyl groups excluding tert-OH is 1. The summed E-state index contributed by atoms with van der Waals surface area (Å²) in [6, 6.07) is 0.617. The molecule has 0 aliphatic heterocycles. The average molecular weight is 413 g/mol. The third-order valence-electron chi connectivity index (χ3n) is 4.45. The molecule has 1 aromatic heterocycles. The van der Waals surface area contributed by atoms with Gasteiger partial charge >= 0.3 is 0 Å². The molecule has 0 spiro atoms. The number of halogens is 6. The smallest absolute Gasteiger partial charge is 0.278 e. The maximum atomic E-state index is 13.9. The molecule has 0 fully saturated rings. The van der Waals surface area contributed by atoms with Crippen LogP contribution >= 0.6 is 0 Å². The Morgan fingerprint density at radius 2 is 1.96 bits per heavy atom. The molecular formula is C16H13F6NO3S. The van der Waals surface area contributed by atoms with Crippen LogP contribution < -0.4 is 0 Å². The third-order valence-corrected chi connectivity index (χ3v) is 5.74. The van der Waals surface area contributed by atoms with Crippen molar-refractivity contribution >= 4 is 9.84 Å². The highest BCUT2D eigenvalue weighted by Gasteiger charge is 2.47. The topological polar surface area (TPSA) is 59.3 Å². The van der Waals surface area contributed by atoms with Gasteiger partial charge in [-0.15, -0.1) is 0 Å². The number of nitrogens with zero attached hydrogens (tertiary/aromatic N) is 1. The highest BCUT2D eigenvalue weighted by atomic mass is 32.2. The molecule has 1 aliphatic carbocycles. The molecule has 0 amide bonds. The predicted molar refractivity (Wildman–Crippen MR) is 82.1 cm³/mol. The van der Waals surface area contributed by atoms with Crippen molar-refractivity contribution in [1.29, 1.82) is 0 Å². The van der Waals surface area contributed by atoms with Gasteiger partial charge in [-0.05, 0) is 24.6 Å². The highest BCUT2D eigenvalue weighted by molar-refractivity contribution is 7.91. The Balaban J connectivity index is 2.28. The second-order valence-electron chi connectivity index (χ2n) is 6.12. The van der Waals surface area contributed by atoms with Crippen LogP contribution in [-0.4, -0.2) is 30.0 Å². The molecule has 2 aromatic rings. The quantitative estimate of drug-likeness (QED) is 0.775. The monoisotopic (exact) mass is 413 g/mol. The molecule has 1 unspecified atom stereocenters. The van der Waals surface area contributed by atoms with Crippen LogP contribution in [0.15, 0.2) is 29.3 Å². The van der Waals surface area contributed by atoms with E-state index in [0.29, 0.717) is 0 Å². The normalized spacial score (nSPS) is 19.3. The summed E-state index contributed by atoms with van der Waals surface area (Å²) in [5, 5.41) is 9.95. The summed E-state index contributed by atoms with van der Waals surface area (Å²) in [5.74, 6) is -4.84. The van der Waals surface area contributed by atoms with Gasteiger partial charge in [0.25, 0.3) is 12.3 Å². The predicted octanol–water partition coefficient (Wildman–Crippen LogP) is 3.87. The minimum Gasteiger partial charge on any atom is -0.382 e. The molecule has 4 nitrogen and oxygen atoms in total. The average Bonchev–Trinajstić information content (AvgIpc) is 2.99. The van der Waals surface area contributed by atoms with Crippen LogP contribution in [0, 0.1) is 5.82 Å². The van der Waals surface area contributed by atoms with Crippen molar-refractivity contribution < 1.29 is 39.9 Å². The summed E-state index contributed by atoms with van der Waals surface area (Å²) in [7, 11) is -4.65. The standard InChI is InChI=1S/C16H13F6NO3S/c17-7-27(25,26)12-6-23(8-1-2-10(18)9(5-8)15(19)20)11-3-4-16(21,22)14(24)13(11)12/h1-2,5-6,14-15,24H,3-4,7H2. The Bertz CT molecular complexity index is 986. The Morgan fingerprint density at radius 1 is 1.30 bits per heavy atom. The van der Waals surface area contributed by atoms with E-state index < -0.39 is 69.0 Å². The first-order valence-electron chi connectivity index (χ1n) is 7.66. The van der Waals surface area contributed by atoms with Gasteiger partial charge in [0.15, 0.2) is 6.01 Å². The van der Waals surface area contributed by atoms with Crippen molar-refractivity contribution in [2.24, 2.45) is 0 Å². The van der Waals surface area contributed by atoms with E-state index in [1.807, 2.05) is 0 Å². The molecule has 11 heteroatoms. The molecule has 0 bridgehead atoms. The van der Waals surface area contributed by atoms with Gasteiger partial charge in [-0.2, -0.15) is 0 Å². The molecule has 0 saturated heterocycles. The Kier molecular flexibility index (Phi) is 4.79. The third kappa shape index (κ3) is 3.22. The van der Waals surface area contributed by atoms with Crippen molar-refractivity contribution in [3.05, 3.63) is 47.0 Å². The van der Waals surface area contributed by atoms with Gasteiger partial charge in [-0.25, -0.2) is 34.8 Å². The lowest BCUT2D eigenvalue weighted by atomic mass is 9.91. The number of aliphatic hydroxyl groups is 1. The zero-order chi connectivity index (χ0) is 20.1. The molecular weight excluding hydrogens is 400 g/mol. The van der Waals surface area contributed by atoms with E-state index in [4.69, 9.17) is 0 Å². The summed E-state index contributed by atoms with van der Waals surface area (Å²) in [4.78, 5) is -0.852. The SMILES string of the molecule is O=S(=O)(CF)c1cn(-c2ccc(F)c(C(F)F)c2)c2c1C(O)C(F)(F)CC2. The van der Waals surface area contributed by atoms with Crippen LogP contribution in [0.5, 0.6) is 0 Å². The summed E-state index contributed by atoms with van der Waals surface area (Å²) in [6.45, 7) is 0. The second-order valence-corrected chi connectivity index (χ2v) is 8.01. The number of sulfone groups is 1. The van der Waals surface area contributed by atoms with E-state index in [1.54, 1.807) is 0 Å². The zero-order valence-corrected chi connectivity index (χ0v) is 14.3. The Hall–Kier alpha value is -2.01. The van der Waals surface area contributed by atoms with Crippen molar-refractivity contribution in [2.75, 3.05) is 6.01 Å². The van der Waals surface area contributed by atoms with E-state index in [0.717, 1.165) is 29.0 Å².